The van der Waals surface area contributed by atoms with Crippen LogP contribution in [-0.2, 0) is 0 Å². The molecule has 4 nitrogen and oxygen atoms in total. The van der Waals surface area contributed by atoms with Crippen molar-refractivity contribution in [3.63, 3.8) is 0 Å². The Morgan fingerprint density at radius 3 is 2.58 bits per heavy atom. The number of piperazine rings is 1. The second-order valence-electron chi connectivity index (χ2n) is 8.62. The third-order valence-electron chi connectivity index (χ3n) is 6.64. The summed E-state index contributed by atoms with van der Waals surface area (Å²) in [7, 11) is 0. The lowest BCUT2D eigenvalue weighted by atomic mass is 9.90. The molecule has 4 heteroatoms. The summed E-state index contributed by atoms with van der Waals surface area (Å²) in [4.78, 5) is 9.87. The van der Waals surface area contributed by atoms with E-state index in [1.807, 2.05) is 13.0 Å². The first kappa shape index (κ1) is 21.3. The van der Waals surface area contributed by atoms with Crippen molar-refractivity contribution < 1.29 is 0 Å². The Kier molecular flexibility index (Phi) is 6.84. The fourth-order valence-electron chi connectivity index (χ4n) is 4.67. The Balaban J connectivity index is 1.27. The first-order valence-electron chi connectivity index (χ1n) is 11.5. The fourth-order valence-corrected chi connectivity index (χ4v) is 4.67. The lowest BCUT2D eigenvalue weighted by molar-refractivity contribution is 0.249. The number of fused-ring (bicyclic) bond motifs is 1. The van der Waals surface area contributed by atoms with Crippen molar-refractivity contribution in [2.75, 3.05) is 37.6 Å². The van der Waals surface area contributed by atoms with Gasteiger partial charge in [0.2, 0.25) is 0 Å². The molecule has 1 unspecified atom stereocenters. The van der Waals surface area contributed by atoms with Gasteiger partial charge in [-0.05, 0) is 74.0 Å². The highest BCUT2D eigenvalue weighted by Gasteiger charge is 2.19. The highest BCUT2D eigenvalue weighted by atomic mass is 15.3. The van der Waals surface area contributed by atoms with Crippen LogP contribution in [-0.4, -0.2) is 42.6 Å². The molecular weight excluding hydrogens is 380 g/mol. The molecular formula is C27H32N4. The van der Waals surface area contributed by atoms with Crippen molar-refractivity contribution in [2.45, 2.75) is 39.0 Å². The highest BCUT2D eigenvalue weighted by molar-refractivity contribution is 5.80. The molecule has 2 aromatic carbocycles. The lowest BCUT2D eigenvalue weighted by Gasteiger charge is -2.35. The van der Waals surface area contributed by atoms with Crippen LogP contribution < -0.4 is 4.90 Å². The normalized spacial score (nSPS) is 15.7. The number of hydrogen-bond donors (Lipinski definition) is 0. The Morgan fingerprint density at radius 1 is 1.03 bits per heavy atom. The van der Waals surface area contributed by atoms with E-state index in [1.54, 1.807) is 0 Å². The van der Waals surface area contributed by atoms with E-state index in [9.17, 15) is 0 Å². The second-order valence-corrected chi connectivity index (χ2v) is 8.62. The van der Waals surface area contributed by atoms with E-state index >= 15 is 0 Å². The van der Waals surface area contributed by atoms with Crippen LogP contribution >= 0.6 is 0 Å². The summed E-state index contributed by atoms with van der Waals surface area (Å²) in [6.45, 7) is 9.74. The number of nitrogens with zero attached hydrogens (tertiary/aromatic N) is 4. The summed E-state index contributed by atoms with van der Waals surface area (Å²) in [5.41, 5.74) is 4.34. The number of nitriles is 1. The maximum Gasteiger partial charge on any atom is 0.129 e. The van der Waals surface area contributed by atoms with Crippen LogP contribution in [0.1, 0.15) is 48.8 Å². The molecule has 0 bridgehead atoms. The molecule has 1 aromatic heterocycles. The van der Waals surface area contributed by atoms with Gasteiger partial charge in [0.1, 0.15) is 5.82 Å². The highest BCUT2D eigenvalue weighted by Crippen LogP contribution is 2.27. The molecule has 0 amide bonds. The van der Waals surface area contributed by atoms with Crippen molar-refractivity contribution >= 4 is 16.7 Å². The maximum atomic E-state index is 9.17. The number of pyridine rings is 1. The second kappa shape index (κ2) is 9.94. The van der Waals surface area contributed by atoms with E-state index < -0.39 is 0 Å². The molecule has 1 aliphatic rings. The Hall–Kier alpha value is -2.90. The number of benzene rings is 2. The molecule has 1 fully saturated rings. The molecule has 1 aliphatic heterocycles. The summed E-state index contributed by atoms with van der Waals surface area (Å²) in [6, 6.07) is 21.3. The summed E-state index contributed by atoms with van der Waals surface area (Å²) >= 11 is 0. The standard InChI is InChI=1S/C27H32N4/c1-3-22(24-10-11-25(20-28)21(2)19-24)8-6-14-30-15-17-31(18-16-30)27-13-12-23-7-4-5-9-26(23)29-27/h4-5,7,9-13,19,22H,3,6,8,14-18H2,1-2H3. The first-order chi connectivity index (χ1) is 15.2. The minimum atomic E-state index is 0.578. The van der Waals surface area contributed by atoms with Crippen LogP contribution in [0.3, 0.4) is 0 Å². The van der Waals surface area contributed by atoms with E-state index in [1.165, 1.54) is 23.8 Å². The third-order valence-corrected chi connectivity index (χ3v) is 6.64. The summed E-state index contributed by atoms with van der Waals surface area (Å²) < 4.78 is 0. The molecule has 0 spiro atoms. The van der Waals surface area contributed by atoms with Crippen molar-refractivity contribution in [1.82, 2.24) is 9.88 Å². The molecule has 3 aromatic rings. The Labute approximate surface area is 186 Å². The summed E-state index contributed by atoms with van der Waals surface area (Å²) in [6.07, 6.45) is 3.56. The number of aryl methyl sites for hydroxylation is 1. The molecule has 0 saturated carbocycles. The van der Waals surface area contributed by atoms with E-state index in [0.29, 0.717) is 5.92 Å². The van der Waals surface area contributed by atoms with Crippen molar-refractivity contribution in [3.8, 4) is 6.07 Å². The number of para-hydroxylation sites is 1. The van der Waals surface area contributed by atoms with E-state index in [2.05, 4.69) is 71.3 Å². The van der Waals surface area contributed by atoms with Crippen molar-refractivity contribution in [1.29, 1.82) is 5.26 Å². The van der Waals surface area contributed by atoms with Crippen LogP contribution in [0.25, 0.3) is 10.9 Å². The zero-order chi connectivity index (χ0) is 21.6. The predicted octanol–water partition coefficient (Wildman–Crippen LogP) is 5.51. The molecule has 31 heavy (non-hydrogen) atoms. The number of aromatic nitrogens is 1. The smallest absolute Gasteiger partial charge is 0.129 e. The molecule has 0 aliphatic carbocycles. The SMILES string of the molecule is CCC(CCCN1CCN(c2ccc3ccccc3n2)CC1)c1ccc(C#N)c(C)c1. The largest absolute Gasteiger partial charge is 0.354 e. The first-order valence-corrected chi connectivity index (χ1v) is 11.5. The summed E-state index contributed by atoms with van der Waals surface area (Å²) in [5, 5.41) is 10.4. The zero-order valence-corrected chi connectivity index (χ0v) is 18.7. The molecule has 160 valence electrons. The molecule has 4 rings (SSSR count). The minimum absolute atomic E-state index is 0.578. The van der Waals surface area contributed by atoms with Gasteiger partial charge in [0, 0.05) is 31.6 Å². The average molecular weight is 413 g/mol. The molecule has 0 radical (unpaired) electrons. The van der Waals surface area contributed by atoms with Gasteiger partial charge in [-0.1, -0.05) is 37.3 Å². The maximum absolute atomic E-state index is 9.17. The van der Waals surface area contributed by atoms with Gasteiger partial charge in [0.15, 0.2) is 0 Å². The van der Waals surface area contributed by atoms with Gasteiger partial charge in [-0.25, -0.2) is 4.98 Å². The Morgan fingerprint density at radius 2 is 1.84 bits per heavy atom. The van der Waals surface area contributed by atoms with Crippen LogP contribution in [0, 0.1) is 18.3 Å². The lowest BCUT2D eigenvalue weighted by Crippen LogP contribution is -2.46. The summed E-state index contributed by atoms with van der Waals surface area (Å²) in [5.74, 6) is 1.68. The van der Waals surface area contributed by atoms with E-state index in [4.69, 9.17) is 10.2 Å². The molecule has 2 heterocycles. The van der Waals surface area contributed by atoms with Crippen LogP contribution in [0.15, 0.2) is 54.6 Å². The fraction of sp³-hybridized carbons (Fsp3) is 0.407. The van der Waals surface area contributed by atoms with Crippen LogP contribution in [0.4, 0.5) is 5.82 Å². The minimum Gasteiger partial charge on any atom is -0.354 e. The van der Waals surface area contributed by atoms with Gasteiger partial charge in [-0.3, -0.25) is 4.90 Å². The molecule has 1 atom stereocenters. The quantitative estimate of drug-likeness (QED) is 0.513. The molecule has 0 N–H and O–H groups in total. The van der Waals surface area contributed by atoms with Crippen LogP contribution in [0.2, 0.25) is 0 Å². The zero-order valence-electron chi connectivity index (χ0n) is 18.7. The topological polar surface area (TPSA) is 43.2 Å². The van der Waals surface area contributed by atoms with Gasteiger partial charge in [-0.2, -0.15) is 5.26 Å². The number of hydrogen-bond acceptors (Lipinski definition) is 4. The van der Waals surface area contributed by atoms with Gasteiger partial charge in [-0.15, -0.1) is 0 Å². The van der Waals surface area contributed by atoms with Crippen molar-refractivity contribution in [3.05, 3.63) is 71.3 Å². The van der Waals surface area contributed by atoms with Gasteiger partial charge in [0.25, 0.3) is 0 Å². The molecule has 1 saturated heterocycles. The number of rotatable bonds is 7. The van der Waals surface area contributed by atoms with Gasteiger partial charge >= 0.3 is 0 Å². The monoisotopic (exact) mass is 412 g/mol. The van der Waals surface area contributed by atoms with Gasteiger partial charge < -0.3 is 4.90 Å². The van der Waals surface area contributed by atoms with E-state index in [0.717, 1.165) is 61.6 Å². The number of anilines is 1. The van der Waals surface area contributed by atoms with Crippen molar-refractivity contribution in [2.24, 2.45) is 0 Å². The third kappa shape index (κ3) is 5.06. The van der Waals surface area contributed by atoms with E-state index in [-0.39, 0.29) is 0 Å². The average Bonchev–Trinajstić information content (AvgIpc) is 2.82. The van der Waals surface area contributed by atoms with Gasteiger partial charge in [0.05, 0.1) is 17.1 Å². The Bertz CT molecular complexity index is 1060. The van der Waals surface area contributed by atoms with Crippen LogP contribution in [0.5, 0.6) is 0 Å². The predicted molar refractivity (Wildman–Crippen MR) is 129 cm³/mol.